The molecule has 4 rings (SSSR count). The maximum atomic E-state index is 11.9. The summed E-state index contributed by atoms with van der Waals surface area (Å²) in [6.07, 6.45) is 0. The van der Waals surface area contributed by atoms with Gasteiger partial charge in [-0.3, -0.25) is 0 Å². The molecule has 1 N–H and O–H groups in total. The van der Waals surface area contributed by atoms with Gasteiger partial charge in [-0.05, 0) is 28.8 Å². The van der Waals surface area contributed by atoms with E-state index in [2.05, 4.69) is 36.4 Å². The summed E-state index contributed by atoms with van der Waals surface area (Å²) in [5.74, 6) is -0.920. The maximum absolute atomic E-state index is 11.9. The number of rotatable bonds is 6. The fraction of sp³-hybridized carbons (Fsp3) is 0.0385. The number of hydrogen-bond acceptors (Lipinski definition) is 2. The zero-order chi connectivity index (χ0) is 20.1. The van der Waals surface area contributed by atoms with E-state index < -0.39 is 10.7 Å². The summed E-state index contributed by atoms with van der Waals surface area (Å²) in [6.45, 7) is 0. The molecule has 0 aliphatic heterocycles. The van der Waals surface area contributed by atoms with Crippen LogP contribution in [0.2, 0.25) is 0 Å². The van der Waals surface area contributed by atoms with Crippen molar-refractivity contribution in [3.63, 3.8) is 0 Å². The van der Waals surface area contributed by atoms with Gasteiger partial charge < -0.3 is 5.11 Å². The fourth-order valence-electron chi connectivity index (χ4n) is 3.59. The van der Waals surface area contributed by atoms with E-state index in [1.54, 1.807) is 23.9 Å². The normalized spacial score (nSPS) is 11.2. The van der Waals surface area contributed by atoms with Gasteiger partial charge in [0.25, 0.3) is 0 Å². The molecule has 142 valence electrons. The van der Waals surface area contributed by atoms with E-state index in [-0.39, 0.29) is 0 Å². The molecule has 4 aromatic carbocycles. The van der Waals surface area contributed by atoms with Crippen LogP contribution in [-0.2, 0) is 4.75 Å². The van der Waals surface area contributed by atoms with E-state index in [0.717, 1.165) is 21.6 Å². The van der Waals surface area contributed by atoms with Gasteiger partial charge in [-0.25, -0.2) is 4.79 Å². The number of hydrogen-bond donors (Lipinski definition) is 1. The summed E-state index contributed by atoms with van der Waals surface area (Å²) in [5.41, 5.74) is 3.61. The zero-order valence-corrected chi connectivity index (χ0v) is 16.5. The summed E-state index contributed by atoms with van der Waals surface area (Å²) in [5, 5.41) is 9.76. The van der Waals surface area contributed by atoms with Gasteiger partial charge in [0.15, 0.2) is 0 Å². The molecule has 4 aromatic rings. The standard InChI is InChI=1S/C26H20O2S/c27-25(28)23-18-10-11-19-24(23)29-26(20-12-4-1-5-13-20,21-14-6-2-7-15-21)22-16-8-3-9-17-22/h1-19H,(H,27,28). The Morgan fingerprint density at radius 2 is 0.966 bits per heavy atom. The van der Waals surface area contributed by atoms with Crippen molar-refractivity contribution in [3.8, 4) is 0 Å². The van der Waals surface area contributed by atoms with Crippen molar-refractivity contribution in [1.82, 2.24) is 0 Å². The fourth-order valence-corrected chi connectivity index (χ4v) is 5.10. The molecule has 0 bridgehead atoms. The van der Waals surface area contributed by atoms with E-state index in [9.17, 15) is 9.90 Å². The maximum Gasteiger partial charge on any atom is 0.336 e. The average molecular weight is 397 g/mol. The highest BCUT2D eigenvalue weighted by molar-refractivity contribution is 8.00. The van der Waals surface area contributed by atoms with Crippen LogP contribution in [0.4, 0.5) is 0 Å². The molecule has 0 saturated carbocycles. The molecule has 0 amide bonds. The lowest BCUT2D eigenvalue weighted by Gasteiger charge is -2.35. The molecule has 0 aliphatic rings. The Bertz CT molecular complexity index is 996. The van der Waals surface area contributed by atoms with Crippen molar-refractivity contribution in [1.29, 1.82) is 0 Å². The second-order valence-corrected chi connectivity index (χ2v) is 7.94. The predicted molar refractivity (Wildman–Crippen MR) is 118 cm³/mol. The van der Waals surface area contributed by atoms with Crippen LogP contribution < -0.4 is 0 Å². The Labute approximate surface area is 174 Å². The van der Waals surface area contributed by atoms with Crippen molar-refractivity contribution in [2.24, 2.45) is 0 Å². The molecule has 0 aliphatic carbocycles. The number of aromatic carboxylic acids is 1. The Kier molecular flexibility index (Phi) is 5.50. The minimum atomic E-state index is -0.920. The third-order valence-corrected chi connectivity index (χ3v) is 6.51. The Morgan fingerprint density at radius 3 is 1.38 bits per heavy atom. The zero-order valence-electron chi connectivity index (χ0n) is 15.7. The molecule has 0 aromatic heterocycles. The smallest absolute Gasteiger partial charge is 0.336 e. The number of carboxylic acid groups (broad SMARTS) is 1. The first kappa shape index (κ1) is 19.0. The molecule has 0 saturated heterocycles. The molecular formula is C26H20O2S. The number of thioether (sulfide) groups is 1. The second kappa shape index (κ2) is 8.38. The topological polar surface area (TPSA) is 37.3 Å². The van der Waals surface area contributed by atoms with Gasteiger partial charge in [0.2, 0.25) is 0 Å². The highest BCUT2D eigenvalue weighted by Gasteiger charge is 2.38. The van der Waals surface area contributed by atoms with Crippen molar-refractivity contribution in [3.05, 3.63) is 138 Å². The molecule has 29 heavy (non-hydrogen) atoms. The molecule has 2 nitrogen and oxygen atoms in total. The van der Waals surface area contributed by atoms with Gasteiger partial charge >= 0.3 is 5.97 Å². The third kappa shape index (κ3) is 3.69. The largest absolute Gasteiger partial charge is 0.478 e. The van der Waals surface area contributed by atoms with Crippen molar-refractivity contribution in [2.45, 2.75) is 9.64 Å². The van der Waals surface area contributed by atoms with Crippen molar-refractivity contribution < 1.29 is 9.90 Å². The number of carbonyl (C=O) groups is 1. The van der Waals surface area contributed by atoms with E-state index in [0.29, 0.717) is 5.56 Å². The molecular weight excluding hydrogens is 376 g/mol. The molecule has 0 fully saturated rings. The van der Waals surface area contributed by atoms with Crippen LogP contribution in [0, 0.1) is 0 Å². The van der Waals surface area contributed by atoms with Gasteiger partial charge in [-0.15, -0.1) is 11.8 Å². The lowest BCUT2D eigenvalue weighted by atomic mass is 9.84. The Balaban J connectivity index is 2.03. The first-order valence-corrected chi connectivity index (χ1v) is 10.2. The third-order valence-electron chi connectivity index (χ3n) is 4.92. The first-order valence-electron chi connectivity index (χ1n) is 9.40. The first-order chi connectivity index (χ1) is 14.2. The van der Waals surface area contributed by atoms with Crippen LogP contribution in [0.3, 0.4) is 0 Å². The minimum absolute atomic E-state index is 0.310. The Morgan fingerprint density at radius 1 is 0.586 bits per heavy atom. The van der Waals surface area contributed by atoms with Crippen LogP contribution in [0.25, 0.3) is 0 Å². The highest BCUT2D eigenvalue weighted by Crippen LogP contribution is 2.52. The lowest BCUT2D eigenvalue weighted by molar-refractivity contribution is 0.0693. The summed E-state index contributed by atoms with van der Waals surface area (Å²) in [6, 6.07) is 38.0. The summed E-state index contributed by atoms with van der Waals surface area (Å²) >= 11 is 1.57. The lowest BCUT2D eigenvalue weighted by Crippen LogP contribution is -2.25. The van der Waals surface area contributed by atoms with Crippen LogP contribution in [-0.4, -0.2) is 11.1 Å². The molecule has 0 radical (unpaired) electrons. The Hall–Kier alpha value is -3.30. The van der Waals surface area contributed by atoms with E-state index in [4.69, 9.17) is 0 Å². The highest BCUT2D eigenvalue weighted by atomic mass is 32.2. The van der Waals surface area contributed by atoms with Gasteiger partial charge in [0, 0.05) is 4.90 Å². The van der Waals surface area contributed by atoms with Crippen LogP contribution in [0.15, 0.2) is 120 Å². The van der Waals surface area contributed by atoms with Crippen LogP contribution >= 0.6 is 11.8 Å². The summed E-state index contributed by atoms with van der Waals surface area (Å²) in [7, 11) is 0. The van der Waals surface area contributed by atoms with Crippen LogP contribution in [0.1, 0.15) is 27.0 Å². The summed E-state index contributed by atoms with van der Waals surface area (Å²) < 4.78 is -0.588. The molecule has 3 heteroatoms. The van der Waals surface area contributed by atoms with Gasteiger partial charge in [-0.2, -0.15) is 0 Å². The quantitative estimate of drug-likeness (QED) is 0.300. The van der Waals surface area contributed by atoms with E-state index in [1.165, 1.54) is 0 Å². The predicted octanol–water partition coefficient (Wildman–Crippen LogP) is 6.47. The van der Waals surface area contributed by atoms with E-state index >= 15 is 0 Å². The van der Waals surface area contributed by atoms with Crippen molar-refractivity contribution >= 4 is 17.7 Å². The minimum Gasteiger partial charge on any atom is -0.478 e. The van der Waals surface area contributed by atoms with Gasteiger partial charge in [0.1, 0.15) is 0 Å². The number of benzene rings is 4. The second-order valence-electron chi connectivity index (χ2n) is 6.68. The SMILES string of the molecule is O=C(O)c1ccccc1SC(c1ccccc1)(c1ccccc1)c1ccccc1. The van der Waals surface area contributed by atoms with Gasteiger partial charge in [0.05, 0.1) is 10.3 Å². The molecule has 0 atom stereocenters. The number of carboxylic acids is 1. The monoisotopic (exact) mass is 396 g/mol. The molecule has 0 unspecified atom stereocenters. The summed E-state index contributed by atoms with van der Waals surface area (Å²) in [4.78, 5) is 12.6. The van der Waals surface area contributed by atoms with E-state index in [1.807, 2.05) is 66.7 Å². The van der Waals surface area contributed by atoms with Crippen molar-refractivity contribution in [2.75, 3.05) is 0 Å². The molecule has 0 spiro atoms. The molecule has 0 heterocycles. The average Bonchev–Trinajstić information content (AvgIpc) is 2.79. The van der Waals surface area contributed by atoms with Crippen LogP contribution in [0.5, 0.6) is 0 Å². The van der Waals surface area contributed by atoms with Gasteiger partial charge in [-0.1, -0.05) is 103 Å².